The predicted molar refractivity (Wildman–Crippen MR) is 65.6 cm³/mol. The molecule has 88 valence electrons. The van der Waals surface area contributed by atoms with E-state index in [2.05, 4.69) is 15.5 Å². The van der Waals surface area contributed by atoms with E-state index in [0.29, 0.717) is 22.8 Å². The van der Waals surface area contributed by atoms with E-state index in [1.54, 1.807) is 30.5 Å². The minimum atomic E-state index is -0.267. The molecule has 1 amide bonds. The molecule has 1 aromatic carbocycles. The topological polar surface area (TPSA) is 83.8 Å². The largest absolute Gasteiger partial charge is 0.399 e. The van der Waals surface area contributed by atoms with Gasteiger partial charge in [-0.3, -0.25) is 9.89 Å². The normalized spacial score (nSPS) is 10.2. The Hall–Kier alpha value is -2.01. The molecule has 0 aliphatic heterocycles. The minimum absolute atomic E-state index is 0.267. The second-order valence-corrected chi connectivity index (χ2v) is 3.91. The molecule has 6 heteroatoms. The Morgan fingerprint density at radius 3 is 3.00 bits per heavy atom. The number of nitrogens with zero attached hydrogens (tertiary/aromatic N) is 1. The third-order valence-corrected chi connectivity index (χ3v) is 2.56. The van der Waals surface area contributed by atoms with E-state index in [0.717, 1.165) is 5.69 Å². The average molecular weight is 251 g/mol. The Morgan fingerprint density at radius 1 is 1.47 bits per heavy atom. The highest BCUT2D eigenvalue weighted by atomic mass is 35.5. The highest BCUT2D eigenvalue weighted by Crippen LogP contribution is 2.18. The van der Waals surface area contributed by atoms with E-state index in [-0.39, 0.29) is 5.91 Å². The zero-order valence-electron chi connectivity index (χ0n) is 8.90. The first-order chi connectivity index (χ1) is 8.16. The van der Waals surface area contributed by atoms with Crippen molar-refractivity contribution in [2.75, 3.05) is 5.73 Å². The molecule has 0 aliphatic carbocycles. The van der Waals surface area contributed by atoms with Gasteiger partial charge in [0.1, 0.15) is 0 Å². The number of rotatable bonds is 3. The van der Waals surface area contributed by atoms with E-state index >= 15 is 0 Å². The molecule has 0 aliphatic rings. The fourth-order valence-corrected chi connectivity index (χ4v) is 1.57. The summed E-state index contributed by atoms with van der Waals surface area (Å²) in [4.78, 5) is 11.8. The number of nitrogens with one attached hydrogen (secondary N) is 2. The first-order valence-electron chi connectivity index (χ1n) is 4.98. The SMILES string of the molecule is Nc1ccc(Cl)c(C(=O)NCc2ccn[nH]2)c1. The molecule has 1 heterocycles. The Kier molecular flexibility index (Phi) is 3.30. The lowest BCUT2D eigenvalue weighted by Gasteiger charge is -2.06. The molecule has 0 fully saturated rings. The fraction of sp³-hybridized carbons (Fsp3) is 0.0909. The number of aromatic nitrogens is 2. The lowest BCUT2D eigenvalue weighted by Crippen LogP contribution is -2.23. The van der Waals surface area contributed by atoms with Crippen LogP contribution in [0.1, 0.15) is 16.1 Å². The number of H-pyrrole nitrogens is 1. The van der Waals surface area contributed by atoms with Crippen LogP contribution in [0.3, 0.4) is 0 Å². The van der Waals surface area contributed by atoms with Gasteiger partial charge < -0.3 is 11.1 Å². The second-order valence-electron chi connectivity index (χ2n) is 3.50. The standard InChI is InChI=1S/C11H11ClN4O/c12-10-2-1-7(13)5-9(10)11(17)14-6-8-3-4-15-16-8/h1-5H,6,13H2,(H,14,17)(H,15,16). The molecule has 2 rings (SSSR count). The van der Waals surface area contributed by atoms with Crippen molar-refractivity contribution in [1.82, 2.24) is 15.5 Å². The monoisotopic (exact) mass is 250 g/mol. The molecule has 4 N–H and O–H groups in total. The van der Waals surface area contributed by atoms with Crippen LogP contribution in [-0.4, -0.2) is 16.1 Å². The van der Waals surface area contributed by atoms with Gasteiger partial charge in [0.05, 0.1) is 22.8 Å². The number of halogens is 1. The molecule has 1 aromatic heterocycles. The van der Waals surface area contributed by atoms with Gasteiger partial charge in [-0.1, -0.05) is 11.6 Å². The van der Waals surface area contributed by atoms with Crippen LogP contribution >= 0.6 is 11.6 Å². The van der Waals surface area contributed by atoms with Crippen molar-refractivity contribution in [2.45, 2.75) is 6.54 Å². The van der Waals surface area contributed by atoms with Crippen LogP contribution in [0.25, 0.3) is 0 Å². The fourth-order valence-electron chi connectivity index (χ4n) is 1.37. The lowest BCUT2D eigenvalue weighted by atomic mass is 10.2. The summed E-state index contributed by atoms with van der Waals surface area (Å²) in [7, 11) is 0. The number of amides is 1. The second kappa shape index (κ2) is 4.88. The number of benzene rings is 1. The van der Waals surface area contributed by atoms with Gasteiger partial charge in [-0.2, -0.15) is 5.10 Å². The summed E-state index contributed by atoms with van der Waals surface area (Å²) in [5, 5.41) is 9.63. The third kappa shape index (κ3) is 2.76. The number of carbonyl (C=O) groups excluding carboxylic acids is 1. The molecule has 5 nitrogen and oxygen atoms in total. The van der Waals surface area contributed by atoms with Crippen LogP contribution in [-0.2, 0) is 6.54 Å². The maximum Gasteiger partial charge on any atom is 0.253 e. The maximum atomic E-state index is 11.8. The van der Waals surface area contributed by atoms with Gasteiger partial charge in [0, 0.05) is 11.9 Å². The zero-order valence-corrected chi connectivity index (χ0v) is 9.66. The van der Waals surface area contributed by atoms with Gasteiger partial charge in [-0.15, -0.1) is 0 Å². The Balaban J connectivity index is 2.07. The van der Waals surface area contributed by atoms with Crippen LogP contribution in [0.5, 0.6) is 0 Å². The van der Waals surface area contributed by atoms with Gasteiger partial charge in [-0.25, -0.2) is 0 Å². The zero-order chi connectivity index (χ0) is 12.3. The van der Waals surface area contributed by atoms with Crippen molar-refractivity contribution in [3.05, 3.63) is 46.7 Å². The molecule has 0 saturated heterocycles. The molecule has 17 heavy (non-hydrogen) atoms. The maximum absolute atomic E-state index is 11.8. The van der Waals surface area contributed by atoms with Gasteiger partial charge in [0.15, 0.2) is 0 Å². The predicted octanol–water partition coefficient (Wildman–Crippen LogP) is 1.58. The van der Waals surface area contributed by atoms with Crippen LogP contribution in [0.2, 0.25) is 5.02 Å². The summed E-state index contributed by atoms with van der Waals surface area (Å²) in [6.45, 7) is 0.365. The molecule has 0 unspecified atom stereocenters. The quantitative estimate of drug-likeness (QED) is 0.723. The van der Waals surface area contributed by atoms with Crippen molar-refractivity contribution < 1.29 is 4.79 Å². The number of nitrogens with two attached hydrogens (primary N) is 1. The van der Waals surface area contributed by atoms with Gasteiger partial charge in [-0.05, 0) is 24.3 Å². The first-order valence-corrected chi connectivity index (χ1v) is 5.36. The van der Waals surface area contributed by atoms with Crippen molar-refractivity contribution in [2.24, 2.45) is 0 Å². The highest BCUT2D eigenvalue weighted by Gasteiger charge is 2.10. The van der Waals surface area contributed by atoms with Crippen molar-refractivity contribution in [3.8, 4) is 0 Å². The van der Waals surface area contributed by atoms with Crippen molar-refractivity contribution in [1.29, 1.82) is 0 Å². The van der Waals surface area contributed by atoms with Gasteiger partial charge >= 0.3 is 0 Å². The van der Waals surface area contributed by atoms with Crippen LogP contribution in [0, 0.1) is 0 Å². The first kappa shape index (κ1) is 11.5. The number of aromatic amines is 1. The number of carbonyl (C=O) groups is 1. The molecule has 0 spiro atoms. The molecule has 0 radical (unpaired) electrons. The Morgan fingerprint density at radius 2 is 2.29 bits per heavy atom. The van der Waals surface area contributed by atoms with E-state index in [4.69, 9.17) is 17.3 Å². The molecule has 0 saturated carbocycles. The van der Waals surface area contributed by atoms with E-state index in [1.807, 2.05) is 0 Å². The van der Waals surface area contributed by atoms with Crippen molar-refractivity contribution >= 4 is 23.2 Å². The number of nitrogen functional groups attached to an aromatic ring is 1. The summed E-state index contributed by atoms with van der Waals surface area (Å²) < 4.78 is 0. The summed E-state index contributed by atoms with van der Waals surface area (Å²) in [6.07, 6.45) is 1.62. The summed E-state index contributed by atoms with van der Waals surface area (Å²) in [5.41, 5.74) is 7.29. The molecule has 0 atom stereocenters. The smallest absolute Gasteiger partial charge is 0.253 e. The van der Waals surface area contributed by atoms with E-state index in [9.17, 15) is 4.79 Å². The van der Waals surface area contributed by atoms with Gasteiger partial charge in [0.2, 0.25) is 0 Å². The molecule has 0 bridgehead atoms. The Bertz CT molecular complexity index is 524. The van der Waals surface area contributed by atoms with Crippen LogP contribution in [0.4, 0.5) is 5.69 Å². The third-order valence-electron chi connectivity index (χ3n) is 2.23. The molecular weight excluding hydrogens is 240 g/mol. The summed E-state index contributed by atoms with van der Waals surface area (Å²) in [5.74, 6) is -0.267. The average Bonchev–Trinajstić information content (AvgIpc) is 2.82. The molecule has 2 aromatic rings. The van der Waals surface area contributed by atoms with Gasteiger partial charge in [0.25, 0.3) is 5.91 Å². The molecular formula is C11H11ClN4O. The van der Waals surface area contributed by atoms with Crippen molar-refractivity contribution in [3.63, 3.8) is 0 Å². The highest BCUT2D eigenvalue weighted by molar-refractivity contribution is 6.34. The summed E-state index contributed by atoms with van der Waals surface area (Å²) >= 11 is 5.92. The van der Waals surface area contributed by atoms with Crippen LogP contribution < -0.4 is 11.1 Å². The lowest BCUT2D eigenvalue weighted by molar-refractivity contribution is 0.0950. The Labute approximate surface area is 103 Å². The minimum Gasteiger partial charge on any atom is -0.399 e. The number of hydrogen-bond donors (Lipinski definition) is 3. The van der Waals surface area contributed by atoms with Crippen LogP contribution in [0.15, 0.2) is 30.5 Å². The summed E-state index contributed by atoms with van der Waals surface area (Å²) in [6, 6.07) is 6.57. The number of hydrogen-bond acceptors (Lipinski definition) is 3. The van der Waals surface area contributed by atoms with E-state index in [1.165, 1.54) is 0 Å². The number of anilines is 1. The van der Waals surface area contributed by atoms with E-state index < -0.39 is 0 Å².